The van der Waals surface area contributed by atoms with Crippen molar-refractivity contribution in [2.75, 3.05) is 0 Å². The molecule has 1 unspecified atom stereocenters. The highest BCUT2D eigenvalue weighted by molar-refractivity contribution is 5.12. The van der Waals surface area contributed by atoms with E-state index in [9.17, 15) is 0 Å². The maximum absolute atomic E-state index is 6.09. The van der Waals surface area contributed by atoms with Crippen molar-refractivity contribution in [3.05, 3.63) is 30.6 Å². The second-order valence-electron chi connectivity index (χ2n) is 6.51. The zero-order valence-electron chi connectivity index (χ0n) is 12.9. The Morgan fingerprint density at radius 3 is 2.95 bits per heavy atom. The van der Waals surface area contributed by atoms with Crippen LogP contribution in [0.3, 0.4) is 0 Å². The van der Waals surface area contributed by atoms with Crippen molar-refractivity contribution in [2.45, 2.75) is 50.3 Å². The van der Waals surface area contributed by atoms with E-state index in [-0.39, 0.29) is 6.10 Å². The average molecular weight is 301 g/mol. The lowest BCUT2D eigenvalue weighted by atomic mass is 10.1. The Balaban J connectivity index is 1.47. The molecular weight excluding hydrogens is 278 g/mol. The van der Waals surface area contributed by atoms with Crippen LogP contribution in [0.4, 0.5) is 0 Å². The zero-order valence-corrected chi connectivity index (χ0v) is 12.9. The number of nitrogens with one attached hydrogen (secondary N) is 2. The first-order valence-corrected chi connectivity index (χ1v) is 8.20. The molecule has 6 nitrogen and oxygen atoms in total. The van der Waals surface area contributed by atoms with Gasteiger partial charge in [0.25, 0.3) is 0 Å². The van der Waals surface area contributed by atoms with E-state index >= 15 is 0 Å². The van der Waals surface area contributed by atoms with Crippen LogP contribution in [0, 0.1) is 5.92 Å². The van der Waals surface area contributed by atoms with Gasteiger partial charge in [0.1, 0.15) is 11.9 Å². The van der Waals surface area contributed by atoms with E-state index in [1.54, 1.807) is 6.20 Å². The maximum Gasteiger partial charge on any atom is 0.157 e. The molecule has 0 aliphatic heterocycles. The third-order valence-electron chi connectivity index (χ3n) is 4.84. The largest absolute Gasteiger partial charge is 0.486 e. The lowest BCUT2D eigenvalue weighted by molar-refractivity contribution is 0.163. The first-order chi connectivity index (χ1) is 10.8. The first kappa shape index (κ1) is 13.8. The van der Waals surface area contributed by atoms with Gasteiger partial charge in [-0.3, -0.25) is 5.10 Å². The fourth-order valence-electron chi connectivity index (χ4n) is 3.49. The number of hydrogen-bond acceptors (Lipinski definition) is 4. The van der Waals surface area contributed by atoms with Crippen molar-refractivity contribution in [3.8, 4) is 5.75 Å². The number of nitrogens with zero attached hydrogens (tertiary/aromatic N) is 3. The highest BCUT2D eigenvalue weighted by Crippen LogP contribution is 2.41. The van der Waals surface area contributed by atoms with Crippen molar-refractivity contribution in [1.29, 1.82) is 0 Å². The van der Waals surface area contributed by atoms with E-state index in [4.69, 9.17) is 4.74 Å². The van der Waals surface area contributed by atoms with E-state index < -0.39 is 0 Å². The molecule has 0 amide bonds. The summed E-state index contributed by atoms with van der Waals surface area (Å²) >= 11 is 0. The van der Waals surface area contributed by atoms with Gasteiger partial charge in [0.2, 0.25) is 0 Å². The number of H-pyrrole nitrogens is 1. The number of aromatic nitrogens is 4. The minimum Gasteiger partial charge on any atom is -0.486 e. The number of ether oxygens (including phenoxy) is 1. The van der Waals surface area contributed by atoms with Gasteiger partial charge in [-0.2, -0.15) is 5.10 Å². The standard InChI is InChI=1S/C16H23N5O/c1-21-8-7-17-16(21)15(11-5-6-11)20-13-3-2-4-14(13)22-12-9-18-19-10-12/h7-11,13-15,20H,2-6H2,1H3,(H,18,19)/t13-,14+,15?/m0/s1. The molecule has 2 aromatic heterocycles. The third kappa shape index (κ3) is 2.75. The lowest BCUT2D eigenvalue weighted by Gasteiger charge is -2.27. The number of aromatic amines is 1. The molecule has 2 N–H and O–H groups in total. The Kier molecular flexibility index (Phi) is 3.62. The minimum atomic E-state index is 0.221. The highest BCUT2D eigenvalue weighted by atomic mass is 16.5. The van der Waals surface area contributed by atoms with E-state index in [1.165, 1.54) is 19.3 Å². The van der Waals surface area contributed by atoms with E-state index in [0.29, 0.717) is 12.1 Å². The van der Waals surface area contributed by atoms with Crippen molar-refractivity contribution >= 4 is 0 Å². The van der Waals surface area contributed by atoms with Crippen LogP contribution in [-0.2, 0) is 7.05 Å². The Bertz CT molecular complexity index is 604. The molecule has 6 heteroatoms. The predicted molar refractivity (Wildman–Crippen MR) is 82.5 cm³/mol. The van der Waals surface area contributed by atoms with Crippen LogP contribution in [-0.4, -0.2) is 31.9 Å². The summed E-state index contributed by atoms with van der Waals surface area (Å²) < 4.78 is 8.23. The molecule has 22 heavy (non-hydrogen) atoms. The van der Waals surface area contributed by atoms with Gasteiger partial charge in [-0.15, -0.1) is 0 Å². The SMILES string of the molecule is Cn1ccnc1C(N[C@H]1CCC[C@H]1Oc1cn[nH]c1)C1CC1. The monoisotopic (exact) mass is 301 g/mol. The summed E-state index contributed by atoms with van der Waals surface area (Å²) in [7, 11) is 2.08. The van der Waals surface area contributed by atoms with Gasteiger partial charge in [0.05, 0.1) is 18.4 Å². The smallest absolute Gasteiger partial charge is 0.157 e. The summed E-state index contributed by atoms with van der Waals surface area (Å²) in [5, 5.41) is 10.6. The van der Waals surface area contributed by atoms with Crippen molar-refractivity contribution in [3.63, 3.8) is 0 Å². The molecule has 2 aromatic rings. The molecule has 0 saturated heterocycles. The van der Waals surface area contributed by atoms with Crippen LogP contribution in [0.25, 0.3) is 0 Å². The molecule has 3 atom stereocenters. The fourth-order valence-corrected chi connectivity index (χ4v) is 3.49. The van der Waals surface area contributed by atoms with Gasteiger partial charge in [0.15, 0.2) is 5.75 Å². The van der Waals surface area contributed by atoms with Gasteiger partial charge in [-0.1, -0.05) is 0 Å². The molecule has 0 aromatic carbocycles. The predicted octanol–water partition coefficient (Wildman–Crippen LogP) is 2.18. The summed E-state index contributed by atoms with van der Waals surface area (Å²) in [5.74, 6) is 2.70. The number of rotatable bonds is 6. The molecule has 0 radical (unpaired) electrons. The van der Waals surface area contributed by atoms with Crippen LogP contribution in [0.2, 0.25) is 0 Å². The Labute approximate surface area is 130 Å². The Morgan fingerprint density at radius 2 is 2.27 bits per heavy atom. The second kappa shape index (κ2) is 5.76. The van der Waals surface area contributed by atoms with Crippen LogP contribution in [0.15, 0.2) is 24.8 Å². The van der Waals surface area contributed by atoms with Crippen molar-refractivity contribution in [1.82, 2.24) is 25.1 Å². The second-order valence-corrected chi connectivity index (χ2v) is 6.51. The number of hydrogen-bond donors (Lipinski definition) is 2. The van der Waals surface area contributed by atoms with Gasteiger partial charge in [-0.25, -0.2) is 4.98 Å². The molecule has 2 heterocycles. The average Bonchev–Trinajstić information content (AvgIpc) is 2.89. The summed E-state index contributed by atoms with van der Waals surface area (Å²) in [5.41, 5.74) is 0. The van der Waals surface area contributed by atoms with Crippen molar-refractivity contribution < 1.29 is 4.74 Å². The lowest BCUT2D eigenvalue weighted by Crippen LogP contribution is -2.42. The Morgan fingerprint density at radius 1 is 1.36 bits per heavy atom. The topological polar surface area (TPSA) is 67.8 Å². The fraction of sp³-hybridized carbons (Fsp3) is 0.625. The summed E-state index contributed by atoms with van der Waals surface area (Å²) in [6, 6.07) is 0.732. The molecule has 0 spiro atoms. The Hall–Kier alpha value is -1.82. The molecule has 2 aliphatic carbocycles. The van der Waals surface area contributed by atoms with E-state index in [1.807, 2.05) is 18.6 Å². The van der Waals surface area contributed by atoms with Crippen LogP contribution in [0.5, 0.6) is 5.75 Å². The molecule has 2 fully saturated rings. The first-order valence-electron chi connectivity index (χ1n) is 8.20. The van der Waals surface area contributed by atoms with Gasteiger partial charge < -0.3 is 14.6 Å². The van der Waals surface area contributed by atoms with Crippen molar-refractivity contribution in [2.24, 2.45) is 13.0 Å². The zero-order chi connectivity index (χ0) is 14.9. The van der Waals surface area contributed by atoms with Gasteiger partial charge >= 0.3 is 0 Å². The summed E-state index contributed by atoms with van der Waals surface area (Å²) in [6.07, 6.45) is 13.8. The molecule has 0 bridgehead atoms. The highest BCUT2D eigenvalue weighted by Gasteiger charge is 2.39. The normalized spacial score (nSPS) is 26.2. The van der Waals surface area contributed by atoms with Crippen LogP contribution >= 0.6 is 0 Å². The molecule has 2 aliphatic rings. The van der Waals surface area contributed by atoms with Gasteiger partial charge in [-0.05, 0) is 38.0 Å². The van der Waals surface area contributed by atoms with E-state index in [2.05, 4.69) is 32.1 Å². The molecule has 118 valence electrons. The maximum atomic E-state index is 6.09. The summed E-state index contributed by atoms with van der Waals surface area (Å²) in [6.45, 7) is 0. The third-order valence-corrected chi connectivity index (χ3v) is 4.84. The van der Waals surface area contributed by atoms with Crippen LogP contribution in [0.1, 0.15) is 44.0 Å². The quantitative estimate of drug-likeness (QED) is 0.858. The molecule has 2 saturated carbocycles. The minimum absolute atomic E-state index is 0.221. The molecular formula is C16H23N5O. The number of aryl methyl sites for hydroxylation is 1. The number of imidazole rings is 1. The molecule has 4 rings (SSSR count). The van der Waals surface area contributed by atoms with Crippen LogP contribution < -0.4 is 10.1 Å². The summed E-state index contributed by atoms with van der Waals surface area (Å²) in [4.78, 5) is 4.56. The van der Waals surface area contributed by atoms with Gasteiger partial charge in [0, 0.05) is 25.5 Å². The van der Waals surface area contributed by atoms with E-state index in [0.717, 1.165) is 30.3 Å².